The number of esters is 2. The molecule has 3 N–H and O–H groups in total. The highest BCUT2D eigenvalue weighted by atomic mass is 31.2. The van der Waals surface area contributed by atoms with Crippen molar-refractivity contribution in [1.82, 2.24) is 0 Å². The molecular weight excluding hydrogens is 745 g/mol. The van der Waals surface area contributed by atoms with Gasteiger partial charge in [0.15, 0.2) is 11.9 Å². The number of phosphoric ester groups is 1. The first-order valence-corrected chi connectivity index (χ1v) is 22.9. The van der Waals surface area contributed by atoms with E-state index in [4.69, 9.17) is 28.7 Å². The Balaban J connectivity index is 2.39. The third kappa shape index (κ3) is 28.1. The number of carbonyl (C=O) groups excluding carboxylic acids is 3. The van der Waals surface area contributed by atoms with E-state index >= 15 is 0 Å². The summed E-state index contributed by atoms with van der Waals surface area (Å²) in [5.41, 5.74) is 7.91. The zero-order chi connectivity index (χ0) is 42.0. The minimum atomic E-state index is -4.46. The number of hydrogen-bond acceptors (Lipinski definition) is 10. The Labute approximate surface area is 343 Å². The van der Waals surface area contributed by atoms with Crippen molar-refractivity contribution in [2.45, 2.75) is 169 Å². The Morgan fingerprint density at radius 2 is 1.30 bits per heavy atom. The predicted octanol–water partition coefficient (Wildman–Crippen LogP) is 10.8. The number of aryl methyl sites for hydroxylation is 2. The fourth-order valence-corrected chi connectivity index (χ4v) is 6.65. The molecule has 1 unspecified atom stereocenters. The van der Waals surface area contributed by atoms with Gasteiger partial charge in [-0.05, 0) is 82.4 Å². The molecule has 11 nitrogen and oxygen atoms in total. The van der Waals surface area contributed by atoms with E-state index in [2.05, 4.69) is 52.0 Å². The number of phosphoric acid groups is 1. The molecule has 324 valence electrons. The first kappa shape index (κ1) is 51.9. The van der Waals surface area contributed by atoms with Gasteiger partial charge in [0, 0.05) is 38.6 Å². The van der Waals surface area contributed by atoms with Gasteiger partial charge in [0.25, 0.3) is 0 Å². The third-order valence-corrected chi connectivity index (χ3v) is 10.4. The summed E-state index contributed by atoms with van der Waals surface area (Å²) in [5, 5.41) is 0. The molecule has 0 spiro atoms. The van der Waals surface area contributed by atoms with Gasteiger partial charge in [-0.1, -0.05) is 108 Å². The minimum Gasteiger partial charge on any atom is -0.466 e. The lowest BCUT2D eigenvalue weighted by Crippen LogP contribution is -2.29. The molecule has 1 aromatic heterocycles. The van der Waals surface area contributed by atoms with Gasteiger partial charge >= 0.3 is 19.8 Å². The number of ketones is 1. The Kier molecular flexibility index (Phi) is 30.8. The zero-order valence-corrected chi connectivity index (χ0v) is 36.4. The van der Waals surface area contributed by atoms with E-state index in [0.717, 1.165) is 82.1 Å². The molecule has 1 heterocycles. The average Bonchev–Trinajstić information content (AvgIpc) is 3.45. The smallest absolute Gasteiger partial charge is 0.466 e. The molecule has 0 aliphatic heterocycles. The number of unbranched alkanes of at least 4 members (excludes halogenated alkanes) is 10. The zero-order valence-electron chi connectivity index (χ0n) is 35.5. The molecule has 0 fully saturated rings. The Morgan fingerprint density at radius 3 is 1.98 bits per heavy atom. The van der Waals surface area contributed by atoms with E-state index in [9.17, 15) is 23.8 Å². The van der Waals surface area contributed by atoms with Gasteiger partial charge in [-0.15, -0.1) is 0 Å². The summed E-state index contributed by atoms with van der Waals surface area (Å²) >= 11 is 0. The van der Waals surface area contributed by atoms with Crippen molar-refractivity contribution in [3.63, 3.8) is 0 Å². The highest BCUT2D eigenvalue weighted by Crippen LogP contribution is 2.43. The molecule has 0 amide bonds. The van der Waals surface area contributed by atoms with Crippen LogP contribution >= 0.6 is 7.82 Å². The molecule has 12 heteroatoms. The summed E-state index contributed by atoms with van der Waals surface area (Å²) < 4.78 is 38.8. The van der Waals surface area contributed by atoms with Gasteiger partial charge in [-0.3, -0.25) is 23.4 Å². The van der Waals surface area contributed by atoms with E-state index in [1.54, 1.807) is 6.08 Å². The molecule has 0 radical (unpaired) electrons. The van der Waals surface area contributed by atoms with Crippen LogP contribution in [0.1, 0.15) is 158 Å². The summed E-state index contributed by atoms with van der Waals surface area (Å²) in [4.78, 5) is 47.2. The van der Waals surface area contributed by atoms with Crippen LogP contribution in [-0.4, -0.2) is 55.1 Å². The summed E-state index contributed by atoms with van der Waals surface area (Å²) in [6, 6.07) is 0. The van der Waals surface area contributed by atoms with Crippen molar-refractivity contribution in [3.05, 3.63) is 71.3 Å². The normalized spacial score (nSPS) is 13.6. The third-order valence-electron chi connectivity index (χ3n) is 9.40. The number of carbonyl (C=O) groups is 3. The Hall–Kier alpha value is -3.08. The van der Waals surface area contributed by atoms with Crippen molar-refractivity contribution in [1.29, 1.82) is 0 Å². The first-order chi connectivity index (χ1) is 27.5. The van der Waals surface area contributed by atoms with Crippen molar-refractivity contribution >= 4 is 25.5 Å². The van der Waals surface area contributed by atoms with Crippen LogP contribution in [0.5, 0.6) is 0 Å². The molecular formula is C45H74NO10P. The maximum absolute atomic E-state index is 12.6. The number of nitrogens with two attached hydrogens (primary N) is 1. The van der Waals surface area contributed by atoms with E-state index in [1.807, 2.05) is 12.2 Å². The lowest BCUT2D eigenvalue weighted by molar-refractivity contribution is -0.161. The second-order valence-corrected chi connectivity index (χ2v) is 15.9. The summed E-state index contributed by atoms with van der Waals surface area (Å²) in [6.07, 6.45) is 32.7. The maximum Gasteiger partial charge on any atom is 0.472 e. The van der Waals surface area contributed by atoms with Gasteiger partial charge < -0.3 is 24.5 Å². The van der Waals surface area contributed by atoms with Crippen LogP contribution in [0.25, 0.3) is 0 Å². The summed E-state index contributed by atoms with van der Waals surface area (Å²) in [7, 11) is -4.46. The van der Waals surface area contributed by atoms with Crippen molar-refractivity contribution < 1.29 is 46.8 Å². The minimum absolute atomic E-state index is 0.00717. The second-order valence-electron chi connectivity index (χ2n) is 14.5. The van der Waals surface area contributed by atoms with E-state index in [-0.39, 0.29) is 51.2 Å². The number of furan rings is 1. The van der Waals surface area contributed by atoms with Gasteiger partial charge in [0.1, 0.15) is 18.1 Å². The topological polar surface area (TPSA) is 165 Å². The van der Waals surface area contributed by atoms with E-state index < -0.39 is 32.5 Å². The highest BCUT2D eigenvalue weighted by Gasteiger charge is 2.26. The summed E-state index contributed by atoms with van der Waals surface area (Å²) in [5.74, 6) is 0.998. The van der Waals surface area contributed by atoms with E-state index in [0.29, 0.717) is 6.42 Å². The van der Waals surface area contributed by atoms with Crippen LogP contribution in [0.15, 0.2) is 53.0 Å². The fraction of sp³-hybridized carbons (Fsp3) is 0.667. The van der Waals surface area contributed by atoms with E-state index in [1.165, 1.54) is 49.3 Å². The molecule has 1 rings (SSSR count). The molecule has 0 aliphatic rings. The van der Waals surface area contributed by atoms with Crippen LogP contribution in [0.2, 0.25) is 0 Å². The van der Waals surface area contributed by atoms with Gasteiger partial charge in [0.05, 0.1) is 13.2 Å². The van der Waals surface area contributed by atoms with Crippen molar-refractivity contribution in [2.24, 2.45) is 5.73 Å². The average molecular weight is 820 g/mol. The van der Waals surface area contributed by atoms with Crippen LogP contribution in [0, 0.1) is 13.8 Å². The lowest BCUT2D eigenvalue weighted by Gasteiger charge is -2.19. The maximum atomic E-state index is 12.6. The number of allylic oxidation sites excluding steroid dienone is 8. The predicted molar refractivity (Wildman–Crippen MR) is 228 cm³/mol. The largest absolute Gasteiger partial charge is 0.472 e. The van der Waals surface area contributed by atoms with Crippen molar-refractivity contribution in [3.8, 4) is 0 Å². The second kappa shape index (κ2) is 33.8. The summed E-state index contributed by atoms with van der Waals surface area (Å²) in [6.45, 7) is 7.63. The SMILES string of the molecule is CCCCC/C=C\C/C=C\C/C=C\C=C\C(=O)CCCC(=O)O[C@H](COC(=O)CCCCCCCCc1oc(CCCCC)c(C)c1C)COP(=O)(O)OCCN. The Morgan fingerprint density at radius 1 is 0.702 bits per heavy atom. The number of rotatable bonds is 36. The fourth-order valence-electron chi connectivity index (χ4n) is 5.88. The molecule has 0 saturated heterocycles. The standard InChI is InChI=1S/C45H74NO10P/c1-5-7-9-10-11-12-13-14-15-16-17-20-24-28-40(47)29-27-33-45(49)55-41(37-54-57(50,51)53-35-34-46)36-52-44(48)32-26-22-19-18-21-25-31-43-39(4)38(3)42(56-43)30-23-8-6-2/h11-12,14-15,17,20,24,28,41H,5-10,13,16,18-19,21-23,25-27,29-37,46H2,1-4H3,(H,50,51)/b12-11-,15-14-,20-17-,28-24+/t41-/m1/s1. The highest BCUT2D eigenvalue weighted by molar-refractivity contribution is 7.47. The molecule has 2 atom stereocenters. The van der Waals surface area contributed by atoms with Crippen molar-refractivity contribution in [2.75, 3.05) is 26.4 Å². The molecule has 0 saturated carbocycles. The Bertz CT molecular complexity index is 1410. The first-order valence-electron chi connectivity index (χ1n) is 21.4. The molecule has 0 bridgehead atoms. The van der Waals surface area contributed by atoms with Crippen LogP contribution < -0.4 is 5.73 Å². The number of hydrogen-bond donors (Lipinski definition) is 2. The quantitative estimate of drug-likeness (QED) is 0.0165. The molecule has 1 aromatic rings. The van der Waals surface area contributed by atoms with Gasteiger partial charge in [-0.25, -0.2) is 4.57 Å². The lowest BCUT2D eigenvalue weighted by atomic mass is 10.0. The van der Waals surface area contributed by atoms with Crippen LogP contribution in [0.3, 0.4) is 0 Å². The molecule has 57 heavy (non-hydrogen) atoms. The van der Waals surface area contributed by atoms with Gasteiger partial charge in [0.2, 0.25) is 0 Å². The monoisotopic (exact) mass is 820 g/mol. The molecule has 0 aromatic carbocycles. The molecule has 0 aliphatic carbocycles. The van der Waals surface area contributed by atoms with Crippen LogP contribution in [0.4, 0.5) is 0 Å². The van der Waals surface area contributed by atoms with Gasteiger partial charge in [-0.2, -0.15) is 0 Å². The van der Waals surface area contributed by atoms with Crippen LogP contribution in [-0.2, 0) is 50.3 Å². The number of ether oxygens (including phenoxy) is 2.